The lowest BCUT2D eigenvalue weighted by Crippen LogP contribution is -2.29. The van der Waals surface area contributed by atoms with Crippen molar-refractivity contribution in [3.05, 3.63) is 60.4 Å². The lowest BCUT2D eigenvalue weighted by Gasteiger charge is -2.32. The minimum absolute atomic E-state index is 0.0773. The molecule has 0 amide bonds. The van der Waals surface area contributed by atoms with E-state index in [1.807, 2.05) is 6.92 Å². The van der Waals surface area contributed by atoms with E-state index in [4.69, 9.17) is 14.6 Å². The summed E-state index contributed by atoms with van der Waals surface area (Å²) in [7, 11) is 0. The first-order chi connectivity index (χ1) is 12.4. The summed E-state index contributed by atoms with van der Waals surface area (Å²) in [6, 6.07) is 5.13. The van der Waals surface area contributed by atoms with Crippen LogP contribution in [0.3, 0.4) is 0 Å². The molecule has 0 spiro atoms. The van der Waals surface area contributed by atoms with Crippen molar-refractivity contribution in [1.82, 2.24) is 0 Å². The summed E-state index contributed by atoms with van der Waals surface area (Å²) in [6.07, 6.45) is 3.80. The van der Waals surface area contributed by atoms with Gasteiger partial charge in [0.15, 0.2) is 6.10 Å². The molecule has 1 aliphatic carbocycles. The Hall–Kier alpha value is -2.37. The van der Waals surface area contributed by atoms with Crippen LogP contribution in [0.2, 0.25) is 0 Å². The number of carbonyl (C=O) groups is 1. The fourth-order valence-electron chi connectivity index (χ4n) is 3.29. The van der Waals surface area contributed by atoms with Gasteiger partial charge < -0.3 is 19.7 Å². The Labute approximate surface area is 154 Å². The number of ether oxygens (including phenoxy) is 2. The maximum absolute atomic E-state index is 12.0. The first-order valence-electron chi connectivity index (χ1n) is 8.62. The molecule has 1 aliphatic rings. The molecule has 0 heterocycles. The second-order valence-electron chi connectivity index (χ2n) is 6.60. The number of aliphatic hydroxyl groups excluding tert-OH is 2. The fraction of sp³-hybridized carbons (Fsp3) is 0.381. The average molecular weight is 358 g/mol. The Morgan fingerprint density at radius 3 is 2.73 bits per heavy atom. The SMILES string of the molecule is C=COc1cccc(OC(=O)C(O)CO)c1C1C=C(C)CCC1C(=C)C. The fourth-order valence-corrected chi connectivity index (χ4v) is 3.29. The molecule has 5 nitrogen and oxygen atoms in total. The molecule has 5 heteroatoms. The molecule has 0 aliphatic heterocycles. The van der Waals surface area contributed by atoms with Gasteiger partial charge in [0.1, 0.15) is 11.5 Å². The van der Waals surface area contributed by atoms with Gasteiger partial charge in [0.25, 0.3) is 0 Å². The molecule has 0 saturated carbocycles. The highest BCUT2D eigenvalue weighted by Gasteiger charge is 2.31. The molecule has 140 valence electrons. The van der Waals surface area contributed by atoms with E-state index in [0.29, 0.717) is 17.1 Å². The maximum atomic E-state index is 12.0. The number of rotatable bonds is 7. The number of carbonyl (C=O) groups excluding carboxylic acids is 1. The van der Waals surface area contributed by atoms with Crippen molar-refractivity contribution in [3.8, 4) is 11.5 Å². The van der Waals surface area contributed by atoms with Crippen LogP contribution in [0, 0.1) is 5.92 Å². The highest BCUT2D eigenvalue weighted by atomic mass is 16.6. The van der Waals surface area contributed by atoms with Crippen LogP contribution in [0.1, 0.15) is 38.2 Å². The van der Waals surface area contributed by atoms with Crippen molar-refractivity contribution in [2.24, 2.45) is 5.92 Å². The molecule has 26 heavy (non-hydrogen) atoms. The molecule has 2 rings (SSSR count). The van der Waals surface area contributed by atoms with Crippen molar-refractivity contribution in [2.45, 2.75) is 38.7 Å². The molecule has 3 unspecified atom stereocenters. The maximum Gasteiger partial charge on any atom is 0.342 e. The summed E-state index contributed by atoms with van der Waals surface area (Å²) in [5.74, 6) is 0.0166. The molecule has 0 aromatic heterocycles. The molecular formula is C21H26O5. The van der Waals surface area contributed by atoms with Gasteiger partial charge in [-0.05, 0) is 44.7 Å². The topological polar surface area (TPSA) is 76.0 Å². The van der Waals surface area contributed by atoms with Crippen molar-refractivity contribution in [3.63, 3.8) is 0 Å². The van der Waals surface area contributed by atoms with E-state index in [9.17, 15) is 9.90 Å². The highest BCUT2D eigenvalue weighted by Crippen LogP contribution is 2.46. The van der Waals surface area contributed by atoms with Crippen molar-refractivity contribution >= 4 is 5.97 Å². The summed E-state index contributed by atoms with van der Waals surface area (Å²) >= 11 is 0. The third-order valence-corrected chi connectivity index (χ3v) is 4.61. The normalized spacial score (nSPS) is 20.7. The zero-order valence-electron chi connectivity index (χ0n) is 15.3. The third-order valence-electron chi connectivity index (χ3n) is 4.61. The van der Waals surface area contributed by atoms with E-state index in [0.717, 1.165) is 18.4 Å². The summed E-state index contributed by atoms with van der Waals surface area (Å²) in [6.45, 7) is 11.1. The van der Waals surface area contributed by atoms with Gasteiger partial charge >= 0.3 is 5.97 Å². The number of aliphatic hydroxyl groups is 2. The third kappa shape index (κ3) is 4.42. The smallest absolute Gasteiger partial charge is 0.342 e. The van der Waals surface area contributed by atoms with Crippen LogP contribution in [0.4, 0.5) is 0 Å². The Morgan fingerprint density at radius 2 is 2.12 bits per heavy atom. The summed E-state index contributed by atoms with van der Waals surface area (Å²) < 4.78 is 10.9. The van der Waals surface area contributed by atoms with Crippen molar-refractivity contribution < 1.29 is 24.5 Å². The molecule has 0 bridgehead atoms. The molecule has 0 saturated heterocycles. The van der Waals surface area contributed by atoms with E-state index >= 15 is 0 Å². The van der Waals surface area contributed by atoms with Gasteiger partial charge in [0.05, 0.1) is 12.9 Å². The molecule has 0 radical (unpaired) electrons. The molecular weight excluding hydrogens is 332 g/mol. The lowest BCUT2D eigenvalue weighted by atomic mass is 9.74. The first-order valence-corrected chi connectivity index (χ1v) is 8.62. The summed E-state index contributed by atoms with van der Waals surface area (Å²) in [4.78, 5) is 12.0. The monoisotopic (exact) mass is 358 g/mol. The first kappa shape index (κ1) is 19.9. The Morgan fingerprint density at radius 1 is 1.42 bits per heavy atom. The quantitative estimate of drug-likeness (QED) is 0.338. The molecule has 0 fully saturated rings. The van der Waals surface area contributed by atoms with Gasteiger partial charge in [0.2, 0.25) is 0 Å². The van der Waals surface area contributed by atoms with Crippen LogP contribution < -0.4 is 9.47 Å². The van der Waals surface area contributed by atoms with Crippen LogP contribution in [0.15, 0.2) is 54.8 Å². The lowest BCUT2D eigenvalue weighted by molar-refractivity contribution is -0.145. The number of benzene rings is 1. The van der Waals surface area contributed by atoms with Crippen molar-refractivity contribution in [1.29, 1.82) is 0 Å². The Kier molecular flexibility index (Phi) is 6.77. The van der Waals surface area contributed by atoms with Gasteiger partial charge in [-0.25, -0.2) is 4.79 Å². The van der Waals surface area contributed by atoms with Gasteiger partial charge in [-0.1, -0.05) is 36.4 Å². The summed E-state index contributed by atoms with van der Waals surface area (Å²) in [5, 5.41) is 18.5. The van der Waals surface area contributed by atoms with E-state index in [2.05, 4.69) is 26.2 Å². The van der Waals surface area contributed by atoms with Gasteiger partial charge in [-0.3, -0.25) is 0 Å². The largest absolute Gasteiger partial charge is 0.465 e. The predicted octanol–water partition coefficient (Wildman–Crippen LogP) is 3.48. The number of hydrogen-bond acceptors (Lipinski definition) is 5. The van der Waals surface area contributed by atoms with E-state index in [-0.39, 0.29) is 11.8 Å². The van der Waals surface area contributed by atoms with E-state index in [1.54, 1.807) is 18.2 Å². The molecule has 2 N–H and O–H groups in total. The Balaban J connectivity index is 2.55. The molecule has 1 aromatic carbocycles. The zero-order valence-corrected chi connectivity index (χ0v) is 15.3. The highest BCUT2D eigenvalue weighted by molar-refractivity contribution is 5.77. The number of hydrogen-bond donors (Lipinski definition) is 2. The Bertz CT molecular complexity index is 719. The second kappa shape index (κ2) is 8.83. The standard InChI is InChI=1S/C21H26O5/c1-5-25-18-7-6-8-19(26-21(24)17(23)12-22)20(18)16-11-14(4)9-10-15(16)13(2)3/h5-8,11,15-17,22-23H,1-2,9-10,12H2,3-4H3. The number of allylic oxidation sites excluding steroid dienone is 3. The number of esters is 1. The van der Waals surface area contributed by atoms with Crippen LogP contribution in [-0.2, 0) is 4.79 Å². The van der Waals surface area contributed by atoms with Gasteiger partial charge in [-0.15, -0.1) is 0 Å². The zero-order chi connectivity index (χ0) is 19.3. The predicted molar refractivity (Wildman–Crippen MR) is 100 cm³/mol. The van der Waals surface area contributed by atoms with Crippen LogP contribution in [-0.4, -0.2) is 28.9 Å². The van der Waals surface area contributed by atoms with Crippen LogP contribution in [0.25, 0.3) is 0 Å². The summed E-state index contributed by atoms with van der Waals surface area (Å²) in [5.41, 5.74) is 2.99. The molecule has 1 aromatic rings. The minimum atomic E-state index is -1.59. The molecule has 3 atom stereocenters. The van der Waals surface area contributed by atoms with E-state index in [1.165, 1.54) is 11.8 Å². The van der Waals surface area contributed by atoms with E-state index < -0.39 is 18.7 Å². The average Bonchev–Trinajstić information content (AvgIpc) is 2.61. The van der Waals surface area contributed by atoms with Gasteiger partial charge in [-0.2, -0.15) is 0 Å². The van der Waals surface area contributed by atoms with Gasteiger partial charge in [0, 0.05) is 11.5 Å². The van der Waals surface area contributed by atoms with Crippen LogP contribution in [0.5, 0.6) is 11.5 Å². The minimum Gasteiger partial charge on any atom is -0.465 e. The van der Waals surface area contributed by atoms with Crippen molar-refractivity contribution in [2.75, 3.05) is 6.61 Å². The second-order valence-corrected chi connectivity index (χ2v) is 6.60. The van der Waals surface area contributed by atoms with Crippen LogP contribution >= 0.6 is 0 Å².